The van der Waals surface area contributed by atoms with Gasteiger partial charge in [0.2, 0.25) is 0 Å². The molecule has 0 heterocycles. The van der Waals surface area contributed by atoms with Crippen molar-refractivity contribution in [2.45, 2.75) is 58.4 Å². The largest absolute Gasteiger partial charge is 0.310 e. The van der Waals surface area contributed by atoms with Gasteiger partial charge in [-0.1, -0.05) is 19.4 Å². The highest BCUT2D eigenvalue weighted by Crippen LogP contribution is 2.38. The zero-order chi connectivity index (χ0) is 14.6. The number of allylic oxidation sites excluding steroid dienone is 3. The van der Waals surface area contributed by atoms with Gasteiger partial charge in [0.15, 0.2) is 0 Å². The summed E-state index contributed by atoms with van der Waals surface area (Å²) in [5.41, 5.74) is 1.38. The van der Waals surface area contributed by atoms with Crippen molar-refractivity contribution in [1.29, 1.82) is 5.26 Å². The maximum Gasteiger partial charge on any atom is 0.119 e. The molecule has 0 bridgehead atoms. The Morgan fingerprint density at radius 2 is 2.15 bits per heavy atom. The van der Waals surface area contributed by atoms with Gasteiger partial charge in [-0.15, -0.1) is 0 Å². The Kier molecular flexibility index (Phi) is 4.99. The minimum atomic E-state index is -0.0925. The smallest absolute Gasteiger partial charge is 0.119 e. The van der Waals surface area contributed by atoms with Crippen LogP contribution in [0, 0.1) is 22.7 Å². The summed E-state index contributed by atoms with van der Waals surface area (Å²) in [6.45, 7) is 5.17. The van der Waals surface area contributed by atoms with E-state index in [9.17, 15) is 4.39 Å². The molecule has 2 rings (SSSR count). The minimum Gasteiger partial charge on any atom is -0.310 e. The molecule has 1 saturated carbocycles. The van der Waals surface area contributed by atoms with Crippen LogP contribution in [-0.2, 0) is 0 Å². The molecule has 0 aliphatic heterocycles. The summed E-state index contributed by atoms with van der Waals surface area (Å²) in [4.78, 5) is 0. The third kappa shape index (κ3) is 3.93. The molecular formula is C17H25FN2. The van der Waals surface area contributed by atoms with Crippen molar-refractivity contribution in [2.75, 3.05) is 6.54 Å². The van der Waals surface area contributed by atoms with Crippen LogP contribution in [0.2, 0.25) is 0 Å². The normalized spacial score (nSPS) is 34.1. The molecule has 0 aromatic carbocycles. The fourth-order valence-electron chi connectivity index (χ4n) is 3.19. The van der Waals surface area contributed by atoms with Crippen LogP contribution in [0.15, 0.2) is 23.6 Å². The van der Waals surface area contributed by atoms with Crippen LogP contribution in [0.25, 0.3) is 0 Å². The Hall–Kier alpha value is -1.14. The molecule has 0 radical (unpaired) electrons. The highest BCUT2D eigenvalue weighted by Gasteiger charge is 2.30. The maximum absolute atomic E-state index is 13.3. The van der Waals surface area contributed by atoms with Gasteiger partial charge in [0.05, 0.1) is 6.07 Å². The van der Waals surface area contributed by atoms with Crippen LogP contribution in [0.4, 0.5) is 4.39 Å². The zero-order valence-electron chi connectivity index (χ0n) is 12.6. The molecule has 20 heavy (non-hydrogen) atoms. The predicted molar refractivity (Wildman–Crippen MR) is 79.7 cm³/mol. The lowest BCUT2D eigenvalue weighted by Crippen LogP contribution is -2.38. The summed E-state index contributed by atoms with van der Waals surface area (Å²) < 4.78 is 13.3. The van der Waals surface area contributed by atoms with E-state index in [1.54, 1.807) is 12.2 Å². The second kappa shape index (κ2) is 6.54. The molecule has 2 aliphatic rings. The van der Waals surface area contributed by atoms with Crippen molar-refractivity contribution < 1.29 is 4.39 Å². The van der Waals surface area contributed by atoms with Gasteiger partial charge in [-0.3, -0.25) is 0 Å². The fraction of sp³-hybridized carbons (Fsp3) is 0.706. The first-order valence-corrected chi connectivity index (χ1v) is 7.69. The number of nitrogens with zero attached hydrogens (tertiary/aromatic N) is 1. The molecule has 0 saturated heterocycles. The summed E-state index contributed by atoms with van der Waals surface area (Å²) in [6.07, 6.45) is 9.30. The van der Waals surface area contributed by atoms with Gasteiger partial charge in [0.25, 0.3) is 0 Å². The number of hydrogen-bond acceptors (Lipinski definition) is 2. The first-order chi connectivity index (χ1) is 9.52. The van der Waals surface area contributed by atoms with E-state index >= 15 is 0 Å². The van der Waals surface area contributed by atoms with Gasteiger partial charge in [-0.25, -0.2) is 4.39 Å². The molecule has 0 aromatic heterocycles. The third-order valence-corrected chi connectivity index (χ3v) is 4.92. The van der Waals surface area contributed by atoms with E-state index in [2.05, 4.69) is 25.2 Å². The van der Waals surface area contributed by atoms with E-state index in [0.717, 1.165) is 38.6 Å². The molecule has 1 fully saturated rings. The number of nitrogens with one attached hydrogen (secondary N) is 1. The molecule has 1 N–H and O–H groups in total. The molecule has 2 nitrogen and oxygen atoms in total. The summed E-state index contributed by atoms with van der Waals surface area (Å²) in [5, 5.41) is 12.4. The number of rotatable bonds is 4. The van der Waals surface area contributed by atoms with Gasteiger partial charge < -0.3 is 5.32 Å². The van der Waals surface area contributed by atoms with Crippen molar-refractivity contribution >= 4 is 0 Å². The van der Waals surface area contributed by atoms with Crippen molar-refractivity contribution in [3.05, 3.63) is 23.6 Å². The quantitative estimate of drug-likeness (QED) is 0.833. The maximum atomic E-state index is 13.3. The highest BCUT2D eigenvalue weighted by molar-refractivity contribution is 5.26. The van der Waals surface area contributed by atoms with Gasteiger partial charge >= 0.3 is 0 Å². The van der Waals surface area contributed by atoms with Gasteiger partial charge in [-0.05, 0) is 55.6 Å². The molecular weight excluding hydrogens is 251 g/mol. The van der Waals surface area contributed by atoms with Crippen LogP contribution in [0.1, 0.15) is 52.4 Å². The molecule has 1 atom stereocenters. The Balaban J connectivity index is 1.79. The summed E-state index contributed by atoms with van der Waals surface area (Å²) in [7, 11) is 0. The van der Waals surface area contributed by atoms with E-state index < -0.39 is 0 Å². The first kappa shape index (κ1) is 15.3. The van der Waals surface area contributed by atoms with E-state index in [-0.39, 0.29) is 11.2 Å². The van der Waals surface area contributed by atoms with Gasteiger partial charge in [-0.2, -0.15) is 5.26 Å². The number of halogens is 1. The second-order valence-corrected chi connectivity index (χ2v) is 6.75. The Morgan fingerprint density at radius 3 is 2.80 bits per heavy atom. The topological polar surface area (TPSA) is 35.8 Å². The monoisotopic (exact) mass is 276 g/mol. The third-order valence-electron chi connectivity index (χ3n) is 4.92. The first-order valence-electron chi connectivity index (χ1n) is 7.69. The average Bonchev–Trinajstić information content (AvgIpc) is 2.42. The highest BCUT2D eigenvalue weighted by atomic mass is 19.1. The average molecular weight is 276 g/mol. The van der Waals surface area contributed by atoms with Crippen molar-refractivity contribution in [2.24, 2.45) is 11.3 Å². The Bertz CT molecular complexity index is 436. The summed E-state index contributed by atoms with van der Waals surface area (Å²) in [5.74, 6) is 0.347. The van der Waals surface area contributed by atoms with Crippen molar-refractivity contribution in [1.82, 2.24) is 5.32 Å². The Morgan fingerprint density at radius 1 is 1.45 bits per heavy atom. The van der Waals surface area contributed by atoms with Crippen molar-refractivity contribution in [3.8, 4) is 6.07 Å². The molecule has 110 valence electrons. The number of nitriles is 1. The second-order valence-electron chi connectivity index (χ2n) is 6.75. The summed E-state index contributed by atoms with van der Waals surface area (Å²) >= 11 is 0. The van der Waals surface area contributed by atoms with Gasteiger partial charge in [0.1, 0.15) is 5.83 Å². The van der Waals surface area contributed by atoms with E-state index in [0.29, 0.717) is 18.4 Å². The lowest BCUT2D eigenvalue weighted by Gasteiger charge is -2.36. The standard InChI is InChI=1S/C17H25FN2/c1-13-3-4-15(18)11-14(13)12-20-16-5-7-17(2,8-6-16)9-10-19/h4,11,13,16,20H,3,5-9,12H2,1-2H3/t13?,16-,17+. The van der Waals surface area contributed by atoms with E-state index in [1.807, 2.05) is 0 Å². The molecule has 2 aliphatic carbocycles. The summed E-state index contributed by atoms with van der Waals surface area (Å²) in [6, 6.07) is 2.83. The van der Waals surface area contributed by atoms with Crippen LogP contribution in [-0.4, -0.2) is 12.6 Å². The van der Waals surface area contributed by atoms with Crippen LogP contribution in [0.5, 0.6) is 0 Å². The van der Waals surface area contributed by atoms with Gasteiger partial charge in [0, 0.05) is 19.0 Å². The van der Waals surface area contributed by atoms with Crippen LogP contribution in [0.3, 0.4) is 0 Å². The Labute approximate surface area is 121 Å². The van der Waals surface area contributed by atoms with Crippen molar-refractivity contribution in [3.63, 3.8) is 0 Å². The lowest BCUT2D eigenvalue weighted by atomic mass is 9.72. The molecule has 0 spiro atoms. The van der Waals surface area contributed by atoms with Crippen LogP contribution < -0.4 is 5.32 Å². The minimum absolute atomic E-state index is 0.0925. The number of hydrogen-bond donors (Lipinski definition) is 1. The van der Waals surface area contributed by atoms with E-state index in [1.165, 1.54) is 5.57 Å². The lowest BCUT2D eigenvalue weighted by molar-refractivity contribution is 0.190. The molecule has 0 aromatic rings. The fourth-order valence-corrected chi connectivity index (χ4v) is 3.19. The van der Waals surface area contributed by atoms with E-state index in [4.69, 9.17) is 5.26 Å². The predicted octanol–water partition coefficient (Wildman–Crippen LogP) is 4.26. The molecule has 0 amide bonds. The molecule has 3 heteroatoms. The molecule has 1 unspecified atom stereocenters. The van der Waals surface area contributed by atoms with Crippen LogP contribution >= 0.6 is 0 Å². The SMILES string of the molecule is CC1CC=C(F)C=C1CN[C@H]1CC[C@@](C)(CC#N)CC1. The zero-order valence-corrected chi connectivity index (χ0v) is 12.6.